The van der Waals surface area contributed by atoms with Gasteiger partial charge in [-0.2, -0.15) is 5.10 Å². The summed E-state index contributed by atoms with van der Waals surface area (Å²) < 4.78 is 19.6. The van der Waals surface area contributed by atoms with E-state index in [1.54, 1.807) is 7.11 Å². The van der Waals surface area contributed by atoms with Crippen LogP contribution in [0.25, 0.3) is 5.69 Å². The zero-order valence-corrected chi connectivity index (χ0v) is 21.7. The predicted octanol–water partition coefficient (Wildman–Crippen LogP) is 5.51. The summed E-state index contributed by atoms with van der Waals surface area (Å²) in [7, 11) is 1.65. The highest BCUT2D eigenvalue weighted by molar-refractivity contribution is 5.44. The van der Waals surface area contributed by atoms with Crippen LogP contribution in [0, 0.1) is 6.92 Å². The van der Waals surface area contributed by atoms with Gasteiger partial charge in [0.25, 0.3) is 0 Å². The monoisotopic (exact) mass is 493 g/mol. The minimum atomic E-state index is -0.373. The van der Waals surface area contributed by atoms with E-state index in [9.17, 15) is 5.11 Å². The standard InChI is InChI=1S/C29H39N3O4/c1-4-5-12-24(33)19-31(20-27-13-9-18-35-27)21-28-22(2)30-32(23-10-7-6-8-11-23)29(28)36-26-16-14-25(34-3)15-17-26/h6-8,10-11,14-17,24,27,33H,4-5,9,12-13,18-21H2,1-3H3/t24-,27-/m1/s1. The molecule has 7 nitrogen and oxygen atoms in total. The number of rotatable bonds is 13. The molecule has 0 amide bonds. The number of unbranched alkanes of at least 4 members (excludes halogenated alkanes) is 1. The molecule has 0 spiro atoms. The van der Waals surface area contributed by atoms with Crippen molar-refractivity contribution < 1.29 is 19.3 Å². The first-order chi connectivity index (χ1) is 17.6. The van der Waals surface area contributed by atoms with Crippen molar-refractivity contribution in [2.24, 2.45) is 0 Å². The van der Waals surface area contributed by atoms with Crippen LogP contribution in [0.5, 0.6) is 17.4 Å². The van der Waals surface area contributed by atoms with E-state index in [0.717, 1.165) is 68.0 Å². The Kier molecular flexibility index (Phi) is 9.39. The van der Waals surface area contributed by atoms with E-state index < -0.39 is 0 Å². The lowest BCUT2D eigenvalue weighted by Gasteiger charge is -2.27. The Bertz CT molecular complexity index is 1060. The highest BCUT2D eigenvalue weighted by atomic mass is 16.5. The summed E-state index contributed by atoms with van der Waals surface area (Å²) >= 11 is 0. The third-order valence-corrected chi connectivity index (χ3v) is 6.64. The SMILES string of the molecule is CCCC[C@@H](O)CN(Cc1c(C)nn(-c2ccccc2)c1Oc1ccc(OC)cc1)C[C@H]1CCCO1. The molecule has 7 heteroatoms. The second-order valence-electron chi connectivity index (χ2n) is 9.52. The maximum atomic E-state index is 10.8. The summed E-state index contributed by atoms with van der Waals surface area (Å²) in [6.07, 6.45) is 4.86. The number of aryl methyl sites for hydroxylation is 1. The summed E-state index contributed by atoms with van der Waals surface area (Å²) in [5, 5.41) is 15.6. The van der Waals surface area contributed by atoms with Gasteiger partial charge in [0, 0.05) is 26.2 Å². The van der Waals surface area contributed by atoms with E-state index in [1.807, 2.05) is 66.2 Å². The number of aliphatic hydroxyl groups is 1. The Balaban J connectivity index is 1.65. The van der Waals surface area contributed by atoms with Gasteiger partial charge in [-0.15, -0.1) is 0 Å². The van der Waals surface area contributed by atoms with Crippen LogP contribution < -0.4 is 9.47 Å². The Hall–Kier alpha value is -2.87. The first-order valence-electron chi connectivity index (χ1n) is 13.0. The molecular formula is C29H39N3O4. The Morgan fingerprint density at radius 3 is 2.56 bits per heavy atom. The van der Waals surface area contributed by atoms with Crippen LogP contribution in [-0.4, -0.2) is 58.8 Å². The van der Waals surface area contributed by atoms with Gasteiger partial charge in [-0.25, -0.2) is 4.68 Å². The van der Waals surface area contributed by atoms with Crippen LogP contribution in [0.4, 0.5) is 0 Å². The molecule has 3 aromatic rings. The zero-order chi connectivity index (χ0) is 25.3. The lowest BCUT2D eigenvalue weighted by Crippen LogP contribution is -2.37. The number of benzene rings is 2. The Labute approximate surface area is 214 Å². The zero-order valence-electron chi connectivity index (χ0n) is 21.7. The molecule has 36 heavy (non-hydrogen) atoms. The summed E-state index contributed by atoms with van der Waals surface area (Å²) in [4.78, 5) is 2.30. The molecule has 1 N–H and O–H groups in total. The molecule has 1 aliphatic rings. The molecular weight excluding hydrogens is 454 g/mol. The van der Waals surface area contributed by atoms with E-state index >= 15 is 0 Å². The van der Waals surface area contributed by atoms with Gasteiger partial charge in [-0.1, -0.05) is 38.0 Å². The average molecular weight is 494 g/mol. The van der Waals surface area contributed by atoms with Gasteiger partial charge >= 0.3 is 0 Å². The molecule has 1 saturated heterocycles. The smallest absolute Gasteiger partial charge is 0.227 e. The van der Waals surface area contributed by atoms with Crippen LogP contribution in [0.2, 0.25) is 0 Å². The van der Waals surface area contributed by atoms with Crippen molar-refractivity contribution in [2.75, 3.05) is 26.8 Å². The van der Waals surface area contributed by atoms with Gasteiger partial charge in [0.1, 0.15) is 11.5 Å². The van der Waals surface area contributed by atoms with Gasteiger partial charge in [-0.05, 0) is 62.6 Å². The van der Waals surface area contributed by atoms with Crippen molar-refractivity contribution in [2.45, 2.75) is 64.7 Å². The van der Waals surface area contributed by atoms with E-state index in [0.29, 0.717) is 24.7 Å². The average Bonchev–Trinajstić information content (AvgIpc) is 3.52. The van der Waals surface area contributed by atoms with Crippen LogP contribution in [0.1, 0.15) is 50.3 Å². The number of methoxy groups -OCH3 is 1. The summed E-state index contributed by atoms with van der Waals surface area (Å²) in [6.45, 7) is 6.98. The minimum Gasteiger partial charge on any atom is -0.497 e. The van der Waals surface area contributed by atoms with Gasteiger partial charge in [-0.3, -0.25) is 4.90 Å². The van der Waals surface area contributed by atoms with Gasteiger partial charge in [0.05, 0.1) is 36.3 Å². The quantitative estimate of drug-likeness (QED) is 0.338. The maximum absolute atomic E-state index is 10.8. The molecule has 2 heterocycles. The van der Waals surface area contributed by atoms with E-state index in [1.165, 1.54) is 0 Å². The van der Waals surface area contributed by atoms with Gasteiger partial charge in [0.15, 0.2) is 0 Å². The molecule has 1 fully saturated rings. The highest BCUT2D eigenvalue weighted by Crippen LogP contribution is 2.33. The summed E-state index contributed by atoms with van der Waals surface area (Å²) in [5.41, 5.74) is 2.85. The molecule has 1 aromatic heterocycles. The highest BCUT2D eigenvalue weighted by Gasteiger charge is 2.26. The summed E-state index contributed by atoms with van der Waals surface area (Å²) in [5.74, 6) is 2.17. The molecule has 0 aliphatic carbocycles. The van der Waals surface area contributed by atoms with E-state index in [2.05, 4.69) is 11.8 Å². The first kappa shape index (κ1) is 26.2. The molecule has 0 bridgehead atoms. The minimum absolute atomic E-state index is 0.193. The first-order valence-corrected chi connectivity index (χ1v) is 13.0. The lowest BCUT2D eigenvalue weighted by molar-refractivity contribution is 0.0434. The maximum Gasteiger partial charge on any atom is 0.227 e. The number of hydrogen-bond donors (Lipinski definition) is 1. The van der Waals surface area contributed by atoms with E-state index in [4.69, 9.17) is 19.3 Å². The van der Waals surface area contributed by atoms with Crippen molar-refractivity contribution in [3.05, 3.63) is 65.9 Å². The third-order valence-electron chi connectivity index (χ3n) is 6.64. The van der Waals surface area contributed by atoms with Crippen molar-refractivity contribution in [1.82, 2.24) is 14.7 Å². The van der Waals surface area contributed by atoms with Gasteiger partial charge < -0.3 is 19.3 Å². The summed E-state index contributed by atoms with van der Waals surface area (Å²) in [6, 6.07) is 17.6. The van der Waals surface area contributed by atoms with Crippen LogP contribution in [-0.2, 0) is 11.3 Å². The van der Waals surface area contributed by atoms with E-state index in [-0.39, 0.29) is 12.2 Å². The topological polar surface area (TPSA) is 69.0 Å². The number of aromatic nitrogens is 2. The van der Waals surface area contributed by atoms with Crippen LogP contribution >= 0.6 is 0 Å². The Morgan fingerprint density at radius 1 is 1.14 bits per heavy atom. The Morgan fingerprint density at radius 2 is 1.89 bits per heavy atom. The van der Waals surface area contributed by atoms with Crippen molar-refractivity contribution in [3.63, 3.8) is 0 Å². The second kappa shape index (κ2) is 12.9. The molecule has 1 aliphatic heterocycles. The normalized spacial score (nSPS) is 16.4. The van der Waals surface area contributed by atoms with Crippen molar-refractivity contribution >= 4 is 0 Å². The number of ether oxygens (including phenoxy) is 3. The molecule has 4 rings (SSSR count). The van der Waals surface area contributed by atoms with Crippen LogP contribution in [0.15, 0.2) is 54.6 Å². The third kappa shape index (κ3) is 6.87. The number of hydrogen-bond acceptors (Lipinski definition) is 6. The largest absolute Gasteiger partial charge is 0.497 e. The molecule has 0 saturated carbocycles. The molecule has 2 aromatic carbocycles. The number of para-hydroxylation sites is 1. The molecule has 2 atom stereocenters. The molecule has 194 valence electrons. The fraction of sp³-hybridized carbons (Fsp3) is 0.483. The van der Waals surface area contributed by atoms with Crippen molar-refractivity contribution in [3.8, 4) is 23.1 Å². The fourth-order valence-electron chi connectivity index (χ4n) is 4.66. The molecule has 0 radical (unpaired) electrons. The molecule has 0 unspecified atom stereocenters. The number of aliphatic hydroxyl groups excluding tert-OH is 1. The van der Waals surface area contributed by atoms with Crippen molar-refractivity contribution in [1.29, 1.82) is 0 Å². The van der Waals surface area contributed by atoms with Crippen LogP contribution in [0.3, 0.4) is 0 Å². The lowest BCUT2D eigenvalue weighted by atomic mass is 10.1. The second-order valence-corrected chi connectivity index (χ2v) is 9.52. The number of nitrogens with zero attached hydrogens (tertiary/aromatic N) is 3. The predicted molar refractivity (Wildman–Crippen MR) is 141 cm³/mol. The fourth-order valence-corrected chi connectivity index (χ4v) is 4.66. The van der Waals surface area contributed by atoms with Gasteiger partial charge in [0.2, 0.25) is 5.88 Å².